The van der Waals surface area contributed by atoms with Crippen molar-refractivity contribution in [1.29, 1.82) is 0 Å². The number of carbonyl (C=O) groups excluding carboxylic acids is 2. The third kappa shape index (κ3) is 9.13. The first-order valence-electron chi connectivity index (χ1n) is 10.4. The Labute approximate surface area is 179 Å². The maximum absolute atomic E-state index is 11.1. The highest BCUT2D eigenvalue weighted by molar-refractivity contribution is 5.62. The van der Waals surface area contributed by atoms with Crippen LogP contribution in [-0.2, 0) is 42.6 Å². The fourth-order valence-electron chi connectivity index (χ4n) is 3.18. The highest BCUT2D eigenvalue weighted by Crippen LogP contribution is 2.17. The molecule has 0 spiro atoms. The van der Waals surface area contributed by atoms with Crippen LogP contribution in [0.15, 0.2) is 0 Å². The van der Waals surface area contributed by atoms with Crippen LogP contribution in [0.4, 0.5) is 9.59 Å². The molecule has 5 atom stereocenters. The van der Waals surface area contributed by atoms with Crippen molar-refractivity contribution in [3.8, 4) is 0 Å². The SMILES string of the molecule is O=C1OCC(CCC(COCC(O)COCC2COC(=O)O2)COCC2COCO2)O1. The van der Waals surface area contributed by atoms with E-state index < -0.39 is 24.5 Å². The Bertz CT molecular complexity index is 552. The van der Waals surface area contributed by atoms with Crippen molar-refractivity contribution >= 4 is 12.3 Å². The first-order valence-corrected chi connectivity index (χ1v) is 10.4. The zero-order valence-corrected chi connectivity index (χ0v) is 17.3. The third-order valence-electron chi connectivity index (χ3n) is 4.82. The lowest BCUT2D eigenvalue weighted by Crippen LogP contribution is -2.28. The Balaban J connectivity index is 1.29. The van der Waals surface area contributed by atoms with Gasteiger partial charge in [-0.05, 0) is 12.8 Å². The Hall–Kier alpha value is -1.70. The van der Waals surface area contributed by atoms with E-state index in [4.69, 9.17) is 37.9 Å². The van der Waals surface area contributed by atoms with Gasteiger partial charge in [0, 0.05) is 5.92 Å². The van der Waals surface area contributed by atoms with Gasteiger partial charge in [-0.15, -0.1) is 0 Å². The molecule has 3 aliphatic heterocycles. The fourth-order valence-corrected chi connectivity index (χ4v) is 3.18. The molecule has 31 heavy (non-hydrogen) atoms. The predicted octanol–water partition coefficient (Wildman–Crippen LogP) is 0.237. The summed E-state index contributed by atoms with van der Waals surface area (Å²) in [4.78, 5) is 21.9. The Kier molecular flexibility index (Phi) is 10.0. The normalized spacial score (nSPS) is 27.5. The molecule has 0 aliphatic carbocycles. The number of aliphatic hydroxyl groups excluding tert-OH is 1. The maximum atomic E-state index is 11.1. The van der Waals surface area contributed by atoms with Crippen LogP contribution in [-0.4, -0.2) is 108 Å². The molecule has 0 aromatic heterocycles. The predicted molar refractivity (Wildman–Crippen MR) is 99.3 cm³/mol. The quantitative estimate of drug-likeness (QED) is 0.342. The molecule has 0 saturated carbocycles. The van der Waals surface area contributed by atoms with E-state index in [1.54, 1.807) is 0 Å². The van der Waals surface area contributed by atoms with E-state index in [0.29, 0.717) is 39.3 Å². The molecule has 0 bridgehead atoms. The Morgan fingerprint density at radius 3 is 2.16 bits per heavy atom. The van der Waals surface area contributed by atoms with Gasteiger partial charge in [0.1, 0.15) is 38.3 Å². The molecule has 178 valence electrons. The zero-order chi connectivity index (χ0) is 21.9. The summed E-state index contributed by atoms with van der Waals surface area (Å²) in [5, 5.41) is 10.0. The molecule has 0 radical (unpaired) electrons. The average Bonchev–Trinajstić information content (AvgIpc) is 3.49. The van der Waals surface area contributed by atoms with Crippen molar-refractivity contribution in [3.63, 3.8) is 0 Å². The lowest BCUT2D eigenvalue weighted by Gasteiger charge is -2.20. The second kappa shape index (κ2) is 13.0. The summed E-state index contributed by atoms with van der Waals surface area (Å²) in [7, 11) is 0. The number of carbonyl (C=O) groups is 2. The van der Waals surface area contributed by atoms with E-state index in [9.17, 15) is 14.7 Å². The molecule has 12 heteroatoms. The lowest BCUT2D eigenvalue weighted by atomic mass is 10.0. The van der Waals surface area contributed by atoms with Gasteiger partial charge in [0.25, 0.3) is 0 Å². The Morgan fingerprint density at radius 1 is 0.839 bits per heavy atom. The van der Waals surface area contributed by atoms with Crippen molar-refractivity contribution in [2.75, 3.05) is 66.3 Å². The van der Waals surface area contributed by atoms with Crippen molar-refractivity contribution < 1.29 is 57.3 Å². The molecular weight excluding hydrogens is 420 g/mol. The standard InChI is InChI=1S/C19H30O12/c20-14(6-25-9-17-11-28-19(22)31-17)5-23-3-13(1-2-15-10-27-18(21)30-15)4-24-7-16-8-26-12-29-16/h13-17,20H,1-12H2. The van der Waals surface area contributed by atoms with Crippen LogP contribution in [0.2, 0.25) is 0 Å². The van der Waals surface area contributed by atoms with Crippen molar-refractivity contribution in [3.05, 3.63) is 0 Å². The average molecular weight is 450 g/mol. The number of cyclic esters (lactones) is 4. The molecule has 12 nitrogen and oxygen atoms in total. The Morgan fingerprint density at radius 2 is 1.48 bits per heavy atom. The number of hydrogen-bond acceptors (Lipinski definition) is 12. The molecule has 5 unspecified atom stereocenters. The number of ether oxygens (including phenoxy) is 9. The summed E-state index contributed by atoms with van der Waals surface area (Å²) < 4.78 is 46.5. The van der Waals surface area contributed by atoms with E-state index in [-0.39, 0.29) is 58.0 Å². The number of hydrogen-bond donors (Lipinski definition) is 1. The summed E-state index contributed by atoms with van der Waals surface area (Å²) in [6.45, 7) is 2.67. The molecule has 1 N–H and O–H groups in total. The maximum Gasteiger partial charge on any atom is 0.508 e. The molecule has 0 aromatic rings. The monoisotopic (exact) mass is 450 g/mol. The van der Waals surface area contributed by atoms with Gasteiger partial charge in [-0.2, -0.15) is 0 Å². The molecule has 3 saturated heterocycles. The van der Waals surface area contributed by atoms with Gasteiger partial charge >= 0.3 is 12.3 Å². The highest BCUT2D eigenvalue weighted by atomic mass is 16.8. The first-order chi connectivity index (χ1) is 15.1. The van der Waals surface area contributed by atoms with E-state index in [1.807, 2.05) is 0 Å². The summed E-state index contributed by atoms with van der Waals surface area (Å²) in [5.74, 6) is 0.0322. The van der Waals surface area contributed by atoms with Gasteiger partial charge in [-0.25, -0.2) is 9.59 Å². The number of rotatable bonds is 15. The summed E-state index contributed by atoms with van der Waals surface area (Å²) >= 11 is 0. The van der Waals surface area contributed by atoms with Crippen molar-refractivity contribution in [2.24, 2.45) is 5.92 Å². The number of aliphatic hydroxyl groups is 1. The topological polar surface area (TPSA) is 137 Å². The first kappa shape index (κ1) is 24.0. The van der Waals surface area contributed by atoms with Crippen LogP contribution in [0, 0.1) is 5.92 Å². The van der Waals surface area contributed by atoms with Crippen molar-refractivity contribution in [2.45, 2.75) is 37.3 Å². The molecule has 0 amide bonds. The minimum atomic E-state index is -0.826. The van der Waals surface area contributed by atoms with Gasteiger partial charge in [0.05, 0.1) is 46.2 Å². The molecule has 3 aliphatic rings. The highest BCUT2D eigenvalue weighted by Gasteiger charge is 2.27. The largest absolute Gasteiger partial charge is 0.508 e. The van der Waals surface area contributed by atoms with Crippen LogP contribution in [0.25, 0.3) is 0 Å². The summed E-state index contributed by atoms with van der Waals surface area (Å²) in [6, 6.07) is 0. The lowest BCUT2D eigenvalue weighted by molar-refractivity contribution is -0.0517. The molecular formula is C19H30O12. The van der Waals surface area contributed by atoms with E-state index in [0.717, 1.165) is 0 Å². The van der Waals surface area contributed by atoms with Crippen LogP contribution in [0.3, 0.4) is 0 Å². The van der Waals surface area contributed by atoms with E-state index in [1.165, 1.54) is 0 Å². The smallest absolute Gasteiger partial charge is 0.430 e. The molecule has 3 heterocycles. The molecule has 3 fully saturated rings. The van der Waals surface area contributed by atoms with Crippen LogP contribution in [0.5, 0.6) is 0 Å². The van der Waals surface area contributed by atoms with Gasteiger partial charge in [0.15, 0.2) is 6.10 Å². The van der Waals surface area contributed by atoms with Gasteiger partial charge in [-0.1, -0.05) is 0 Å². The fraction of sp³-hybridized carbons (Fsp3) is 0.895. The van der Waals surface area contributed by atoms with Gasteiger partial charge in [-0.3, -0.25) is 0 Å². The molecule has 3 rings (SSSR count). The summed E-state index contributed by atoms with van der Waals surface area (Å²) in [5.41, 5.74) is 0. The van der Waals surface area contributed by atoms with Crippen LogP contribution >= 0.6 is 0 Å². The summed E-state index contributed by atoms with van der Waals surface area (Å²) in [6.07, 6.45) is -1.66. The van der Waals surface area contributed by atoms with Crippen molar-refractivity contribution in [1.82, 2.24) is 0 Å². The van der Waals surface area contributed by atoms with E-state index in [2.05, 4.69) is 4.74 Å². The van der Waals surface area contributed by atoms with Gasteiger partial charge in [0.2, 0.25) is 0 Å². The van der Waals surface area contributed by atoms with E-state index >= 15 is 0 Å². The second-order valence-electron chi connectivity index (χ2n) is 7.59. The molecule has 0 aromatic carbocycles. The van der Waals surface area contributed by atoms with Crippen LogP contribution in [0.1, 0.15) is 12.8 Å². The van der Waals surface area contributed by atoms with Crippen LogP contribution < -0.4 is 0 Å². The second-order valence-corrected chi connectivity index (χ2v) is 7.59. The third-order valence-corrected chi connectivity index (χ3v) is 4.82. The minimum Gasteiger partial charge on any atom is -0.430 e. The minimum absolute atomic E-state index is 0.0322. The van der Waals surface area contributed by atoms with Gasteiger partial charge < -0.3 is 47.7 Å². The zero-order valence-electron chi connectivity index (χ0n) is 17.3.